The van der Waals surface area contributed by atoms with Crippen molar-refractivity contribution in [3.63, 3.8) is 0 Å². The number of halogens is 2. The van der Waals surface area contributed by atoms with E-state index in [1.165, 1.54) is 11.1 Å². The number of hydrogen-bond donors (Lipinski definition) is 2. The van der Waals surface area contributed by atoms with Crippen molar-refractivity contribution in [2.75, 3.05) is 4.43 Å². The van der Waals surface area contributed by atoms with E-state index in [0.717, 1.165) is 49.4 Å². The molecule has 0 heterocycles. The minimum absolute atomic E-state index is 0.000853. The number of aliphatic hydroxyl groups excluding tert-OH is 1. The Bertz CT molecular complexity index is 695. The minimum Gasteiger partial charge on any atom is -0.508 e. The zero-order valence-corrected chi connectivity index (χ0v) is 19.1. The van der Waals surface area contributed by atoms with Crippen LogP contribution in [0.4, 0.5) is 4.39 Å². The van der Waals surface area contributed by atoms with E-state index < -0.39 is 6.17 Å². The molecule has 1 aromatic carbocycles. The van der Waals surface area contributed by atoms with Gasteiger partial charge in [0.15, 0.2) is 0 Å². The van der Waals surface area contributed by atoms with E-state index in [0.29, 0.717) is 42.3 Å². The lowest BCUT2D eigenvalue weighted by Gasteiger charge is -2.53. The quantitative estimate of drug-likeness (QED) is 0.279. The second-order valence-corrected chi connectivity index (χ2v) is 10.9. The fourth-order valence-corrected chi connectivity index (χ4v) is 7.42. The molecule has 28 heavy (non-hydrogen) atoms. The minimum atomic E-state index is -0.730. The molecule has 4 heteroatoms. The summed E-state index contributed by atoms with van der Waals surface area (Å²) in [7, 11) is 0. The topological polar surface area (TPSA) is 40.5 Å². The first kappa shape index (κ1) is 20.9. The molecule has 2 saturated carbocycles. The average molecular weight is 500 g/mol. The van der Waals surface area contributed by atoms with Gasteiger partial charge in [0, 0.05) is 0 Å². The van der Waals surface area contributed by atoms with Crippen LogP contribution in [0.2, 0.25) is 0 Å². The Morgan fingerprint density at radius 3 is 2.86 bits per heavy atom. The maximum Gasteiger partial charge on any atom is 0.115 e. The predicted molar refractivity (Wildman–Crippen MR) is 120 cm³/mol. The Hall–Kier alpha value is -0.360. The van der Waals surface area contributed by atoms with Crippen molar-refractivity contribution >= 4 is 22.6 Å². The van der Waals surface area contributed by atoms with Gasteiger partial charge >= 0.3 is 0 Å². The summed E-state index contributed by atoms with van der Waals surface area (Å²) in [4.78, 5) is 0. The monoisotopic (exact) mass is 500 g/mol. The molecule has 3 aliphatic carbocycles. The van der Waals surface area contributed by atoms with Crippen LogP contribution in [0.3, 0.4) is 0 Å². The van der Waals surface area contributed by atoms with E-state index in [1.54, 1.807) is 0 Å². The molecule has 0 aromatic heterocycles. The fourth-order valence-electron chi connectivity index (χ4n) is 6.88. The van der Waals surface area contributed by atoms with Crippen LogP contribution in [0.1, 0.15) is 75.3 Å². The van der Waals surface area contributed by atoms with E-state index in [2.05, 4.69) is 35.6 Å². The second kappa shape index (κ2) is 8.41. The second-order valence-electron chi connectivity index (χ2n) is 9.79. The number of aromatic hydroxyl groups is 1. The van der Waals surface area contributed by atoms with Crippen LogP contribution in [0.25, 0.3) is 0 Å². The third-order valence-corrected chi connectivity index (χ3v) is 9.06. The summed E-state index contributed by atoms with van der Waals surface area (Å²) in [5.74, 6) is 2.07. The van der Waals surface area contributed by atoms with Crippen LogP contribution in [-0.4, -0.2) is 26.9 Å². The van der Waals surface area contributed by atoms with Crippen LogP contribution in [-0.2, 0) is 6.42 Å². The maximum absolute atomic E-state index is 14.9. The molecule has 1 aromatic rings. The lowest BCUT2D eigenvalue weighted by atomic mass is 9.52. The molecule has 7 atom stereocenters. The molecule has 0 aliphatic heterocycles. The van der Waals surface area contributed by atoms with Crippen molar-refractivity contribution in [3.05, 3.63) is 29.3 Å². The molecule has 0 bridgehead atoms. The van der Waals surface area contributed by atoms with Gasteiger partial charge in [-0.05, 0) is 115 Å². The number of phenols is 1. The van der Waals surface area contributed by atoms with Crippen molar-refractivity contribution in [2.45, 2.75) is 82.9 Å². The summed E-state index contributed by atoms with van der Waals surface area (Å²) >= 11 is 2.37. The molecule has 2 nitrogen and oxygen atoms in total. The van der Waals surface area contributed by atoms with Gasteiger partial charge in [-0.25, -0.2) is 4.39 Å². The van der Waals surface area contributed by atoms with Gasteiger partial charge in [0.05, 0.1) is 6.10 Å². The lowest BCUT2D eigenvalue weighted by molar-refractivity contribution is -0.0424. The molecule has 156 valence electrons. The molecular formula is C24H34FIO2. The van der Waals surface area contributed by atoms with Crippen molar-refractivity contribution in [3.8, 4) is 5.75 Å². The highest BCUT2D eigenvalue weighted by atomic mass is 127. The number of aliphatic hydroxyl groups is 1. The molecule has 4 rings (SSSR count). The number of alkyl halides is 2. The molecular weight excluding hydrogens is 466 g/mol. The van der Waals surface area contributed by atoms with Gasteiger partial charge in [0.1, 0.15) is 11.9 Å². The van der Waals surface area contributed by atoms with Gasteiger partial charge in [-0.1, -0.05) is 35.6 Å². The Morgan fingerprint density at radius 1 is 1.25 bits per heavy atom. The zero-order valence-electron chi connectivity index (χ0n) is 16.9. The first-order chi connectivity index (χ1) is 13.4. The largest absolute Gasteiger partial charge is 0.508 e. The molecule has 0 radical (unpaired) electrons. The van der Waals surface area contributed by atoms with Gasteiger partial charge in [-0.3, -0.25) is 0 Å². The summed E-state index contributed by atoms with van der Waals surface area (Å²) in [6, 6.07) is 5.84. The number of benzene rings is 1. The molecule has 2 fully saturated rings. The van der Waals surface area contributed by atoms with Crippen LogP contribution < -0.4 is 0 Å². The number of rotatable bonds is 6. The van der Waals surface area contributed by atoms with Crippen LogP contribution in [0.5, 0.6) is 5.75 Å². The van der Waals surface area contributed by atoms with E-state index in [9.17, 15) is 14.6 Å². The first-order valence-electron chi connectivity index (χ1n) is 11.1. The third-order valence-electron chi connectivity index (χ3n) is 8.29. The van der Waals surface area contributed by atoms with E-state index in [1.807, 2.05) is 12.1 Å². The van der Waals surface area contributed by atoms with E-state index >= 15 is 0 Å². The highest BCUT2D eigenvalue weighted by Gasteiger charge is 2.56. The van der Waals surface area contributed by atoms with Crippen molar-refractivity contribution < 1.29 is 14.6 Å². The van der Waals surface area contributed by atoms with Gasteiger partial charge in [-0.2, -0.15) is 0 Å². The molecule has 3 aliphatic rings. The van der Waals surface area contributed by atoms with Gasteiger partial charge in [0.2, 0.25) is 0 Å². The van der Waals surface area contributed by atoms with E-state index in [-0.39, 0.29) is 11.5 Å². The molecule has 2 unspecified atom stereocenters. The summed E-state index contributed by atoms with van der Waals surface area (Å²) in [5.41, 5.74) is 2.61. The molecule has 0 spiro atoms. The first-order valence-corrected chi connectivity index (χ1v) is 12.7. The zero-order chi connectivity index (χ0) is 19.9. The fraction of sp³-hybridized carbons (Fsp3) is 0.750. The number of unbranched alkanes of at least 4 members (excludes halogenated alkanes) is 1. The standard InChI is InChI=1S/C24H34FIO2/c1-24-10-9-20-19-6-5-18(27)14-15(19)12-16(13-17(25)4-2-3-11-26)23(20)21(24)7-8-22(24)28/h5-6,14,16-17,20-23,27-28H,2-4,7-13H2,1H3/t16-,17?,20+,21-,22?,23+,24-/m0/s1. The summed E-state index contributed by atoms with van der Waals surface area (Å²) in [6.45, 7) is 2.28. The Morgan fingerprint density at radius 2 is 2.07 bits per heavy atom. The number of hydrogen-bond acceptors (Lipinski definition) is 2. The Kier molecular flexibility index (Phi) is 6.27. The van der Waals surface area contributed by atoms with Crippen LogP contribution in [0.15, 0.2) is 18.2 Å². The third kappa shape index (κ3) is 3.73. The smallest absolute Gasteiger partial charge is 0.115 e. The van der Waals surface area contributed by atoms with Gasteiger partial charge < -0.3 is 10.2 Å². The van der Waals surface area contributed by atoms with Crippen LogP contribution >= 0.6 is 22.6 Å². The number of fused-ring (bicyclic) bond motifs is 5. The van der Waals surface area contributed by atoms with E-state index in [4.69, 9.17) is 0 Å². The normalized spacial score (nSPS) is 37.8. The molecule has 2 N–H and O–H groups in total. The van der Waals surface area contributed by atoms with Crippen molar-refractivity contribution in [2.24, 2.45) is 23.2 Å². The SMILES string of the molecule is C[C@]12CC[C@@H]3c4ccc(O)cc4C[C@@H](CC(F)CCCCI)[C@H]3[C@@H]1CCC2O. The Labute approximate surface area is 182 Å². The van der Waals surface area contributed by atoms with Gasteiger partial charge in [-0.15, -0.1) is 0 Å². The van der Waals surface area contributed by atoms with Crippen molar-refractivity contribution in [1.82, 2.24) is 0 Å². The number of phenolic OH excluding ortho intramolecular Hbond substituents is 1. The molecule has 0 saturated heterocycles. The van der Waals surface area contributed by atoms with Crippen molar-refractivity contribution in [1.29, 1.82) is 0 Å². The summed E-state index contributed by atoms with van der Waals surface area (Å²) in [6.07, 6.45) is 7.44. The van der Waals surface area contributed by atoms with Gasteiger partial charge in [0.25, 0.3) is 0 Å². The lowest BCUT2D eigenvalue weighted by Crippen LogP contribution is -2.47. The Balaban J connectivity index is 1.62. The highest BCUT2D eigenvalue weighted by molar-refractivity contribution is 14.1. The molecule has 0 amide bonds. The highest BCUT2D eigenvalue weighted by Crippen LogP contribution is 2.62. The summed E-state index contributed by atoms with van der Waals surface area (Å²) < 4.78 is 16.0. The summed E-state index contributed by atoms with van der Waals surface area (Å²) in [5, 5.41) is 20.7. The maximum atomic E-state index is 14.9. The predicted octanol–water partition coefficient (Wildman–Crippen LogP) is 6.17. The van der Waals surface area contributed by atoms with Crippen LogP contribution in [0, 0.1) is 23.2 Å². The average Bonchev–Trinajstić information content (AvgIpc) is 2.96.